The van der Waals surface area contributed by atoms with E-state index in [1.165, 1.54) is 7.11 Å². The SMILES string of the molecule is COC(=O)C1CCCCN1C(=O)c1cccc(NC(=O)C2CSCN2)c1. The van der Waals surface area contributed by atoms with Crippen LogP contribution >= 0.6 is 11.8 Å². The number of benzene rings is 1. The zero-order chi connectivity index (χ0) is 18.5. The molecule has 2 atom stereocenters. The molecule has 0 spiro atoms. The molecule has 0 radical (unpaired) electrons. The van der Waals surface area contributed by atoms with Gasteiger partial charge in [0.1, 0.15) is 6.04 Å². The van der Waals surface area contributed by atoms with E-state index in [-0.39, 0.29) is 23.8 Å². The number of likely N-dealkylation sites (tertiary alicyclic amines) is 1. The maximum absolute atomic E-state index is 12.9. The summed E-state index contributed by atoms with van der Waals surface area (Å²) in [5.74, 6) is 0.794. The minimum absolute atomic E-state index is 0.106. The Morgan fingerprint density at radius 1 is 1.31 bits per heavy atom. The van der Waals surface area contributed by atoms with Gasteiger partial charge < -0.3 is 15.0 Å². The highest BCUT2D eigenvalue weighted by atomic mass is 32.2. The summed E-state index contributed by atoms with van der Waals surface area (Å²) in [6.07, 6.45) is 2.37. The number of ether oxygens (including phenoxy) is 1. The normalized spacial score (nSPS) is 22.7. The van der Waals surface area contributed by atoms with Crippen LogP contribution in [0.3, 0.4) is 0 Å². The van der Waals surface area contributed by atoms with E-state index in [0.29, 0.717) is 24.2 Å². The van der Waals surface area contributed by atoms with Crippen molar-refractivity contribution in [3.05, 3.63) is 29.8 Å². The third kappa shape index (κ3) is 4.19. The van der Waals surface area contributed by atoms with Crippen molar-refractivity contribution in [1.29, 1.82) is 0 Å². The van der Waals surface area contributed by atoms with Gasteiger partial charge in [-0.05, 0) is 37.5 Å². The second kappa shape index (κ2) is 8.55. The fourth-order valence-electron chi connectivity index (χ4n) is 3.24. The smallest absolute Gasteiger partial charge is 0.328 e. The molecule has 2 unspecified atom stereocenters. The van der Waals surface area contributed by atoms with Gasteiger partial charge in [-0.25, -0.2) is 4.79 Å². The van der Waals surface area contributed by atoms with Crippen LogP contribution in [0.1, 0.15) is 29.6 Å². The second-order valence-electron chi connectivity index (χ2n) is 6.38. The van der Waals surface area contributed by atoms with Crippen LogP contribution in [0.4, 0.5) is 5.69 Å². The van der Waals surface area contributed by atoms with Crippen molar-refractivity contribution in [1.82, 2.24) is 10.2 Å². The Kier molecular flexibility index (Phi) is 6.16. The number of anilines is 1. The van der Waals surface area contributed by atoms with Crippen LogP contribution in [-0.4, -0.2) is 60.1 Å². The number of amides is 2. The van der Waals surface area contributed by atoms with Crippen molar-refractivity contribution in [2.24, 2.45) is 0 Å². The summed E-state index contributed by atoms with van der Waals surface area (Å²) in [4.78, 5) is 38.7. The van der Waals surface area contributed by atoms with Gasteiger partial charge in [0.05, 0.1) is 13.2 Å². The average Bonchev–Trinajstić information content (AvgIpc) is 3.22. The molecule has 2 amide bonds. The molecular weight excluding hydrogens is 354 g/mol. The van der Waals surface area contributed by atoms with Crippen molar-refractivity contribution < 1.29 is 19.1 Å². The summed E-state index contributed by atoms with van der Waals surface area (Å²) in [7, 11) is 1.34. The first-order valence-corrected chi connectivity index (χ1v) is 9.86. The van der Waals surface area contributed by atoms with Crippen LogP contribution in [0, 0.1) is 0 Å². The van der Waals surface area contributed by atoms with Crippen molar-refractivity contribution in [3.63, 3.8) is 0 Å². The lowest BCUT2D eigenvalue weighted by molar-refractivity contribution is -0.147. The molecular formula is C18H23N3O4S. The van der Waals surface area contributed by atoms with E-state index < -0.39 is 6.04 Å². The minimum Gasteiger partial charge on any atom is -0.467 e. The molecule has 0 aromatic heterocycles. The third-order valence-corrected chi connectivity index (χ3v) is 5.59. The second-order valence-corrected chi connectivity index (χ2v) is 7.41. The Bertz CT molecular complexity index is 691. The van der Waals surface area contributed by atoms with Crippen molar-refractivity contribution in [2.45, 2.75) is 31.3 Å². The van der Waals surface area contributed by atoms with Gasteiger partial charge in [0, 0.05) is 29.4 Å². The fraction of sp³-hybridized carbons (Fsp3) is 0.500. The maximum Gasteiger partial charge on any atom is 0.328 e. The quantitative estimate of drug-likeness (QED) is 0.773. The van der Waals surface area contributed by atoms with Gasteiger partial charge in [-0.2, -0.15) is 0 Å². The lowest BCUT2D eigenvalue weighted by Gasteiger charge is -2.33. The van der Waals surface area contributed by atoms with E-state index in [4.69, 9.17) is 4.74 Å². The van der Waals surface area contributed by atoms with Gasteiger partial charge in [0.25, 0.3) is 5.91 Å². The number of hydrogen-bond acceptors (Lipinski definition) is 6. The van der Waals surface area contributed by atoms with Gasteiger partial charge >= 0.3 is 5.97 Å². The molecule has 0 aliphatic carbocycles. The summed E-state index contributed by atoms with van der Waals surface area (Å²) in [6, 6.07) is 6.08. The van der Waals surface area contributed by atoms with Crippen LogP contribution in [0.25, 0.3) is 0 Å². The number of nitrogens with zero attached hydrogens (tertiary/aromatic N) is 1. The Hall–Kier alpha value is -2.06. The molecule has 2 saturated heterocycles. The van der Waals surface area contributed by atoms with Crippen LogP contribution in [0.15, 0.2) is 24.3 Å². The molecule has 8 heteroatoms. The molecule has 2 fully saturated rings. The highest BCUT2D eigenvalue weighted by Gasteiger charge is 2.33. The van der Waals surface area contributed by atoms with Crippen LogP contribution in [-0.2, 0) is 14.3 Å². The molecule has 26 heavy (non-hydrogen) atoms. The topological polar surface area (TPSA) is 87.7 Å². The van der Waals surface area contributed by atoms with Crippen molar-refractivity contribution >= 4 is 35.2 Å². The molecule has 0 saturated carbocycles. The molecule has 3 rings (SSSR count). The number of carbonyl (C=O) groups is 3. The molecule has 2 aliphatic heterocycles. The van der Waals surface area contributed by atoms with Gasteiger partial charge in [-0.15, -0.1) is 11.8 Å². The van der Waals surface area contributed by atoms with E-state index in [1.807, 2.05) is 0 Å². The predicted molar refractivity (Wildman–Crippen MR) is 100 cm³/mol. The Labute approximate surface area is 156 Å². The first kappa shape index (κ1) is 18.7. The summed E-state index contributed by atoms with van der Waals surface area (Å²) < 4.78 is 4.84. The van der Waals surface area contributed by atoms with Gasteiger partial charge in [-0.1, -0.05) is 6.07 Å². The number of piperidine rings is 1. The van der Waals surface area contributed by atoms with E-state index in [9.17, 15) is 14.4 Å². The minimum atomic E-state index is -0.542. The maximum atomic E-state index is 12.9. The fourth-order valence-corrected chi connectivity index (χ4v) is 4.19. The Morgan fingerprint density at radius 2 is 2.15 bits per heavy atom. The average molecular weight is 377 g/mol. The zero-order valence-corrected chi connectivity index (χ0v) is 15.5. The van der Waals surface area contributed by atoms with Gasteiger partial charge in [0.2, 0.25) is 5.91 Å². The molecule has 1 aromatic carbocycles. The molecule has 7 nitrogen and oxygen atoms in total. The number of methoxy groups -OCH3 is 1. The number of carbonyl (C=O) groups excluding carboxylic acids is 3. The number of esters is 1. The lowest BCUT2D eigenvalue weighted by Crippen LogP contribution is -2.48. The van der Waals surface area contributed by atoms with E-state index in [2.05, 4.69) is 10.6 Å². The van der Waals surface area contributed by atoms with E-state index >= 15 is 0 Å². The van der Waals surface area contributed by atoms with Crippen LogP contribution in [0.2, 0.25) is 0 Å². The number of nitrogens with one attached hydrogen (secondary N) is 2. The molecule has 140 valence electrons. The first-order valence-electron chi connectivity index (χ1n) is 8.71. The van der Waals surface area contributed by atoms with Crippen LogP contribution < -0.4 is 10.6 Å². The number of hydrogen-bond donors (Lipinski definition) is 2. The highest BCUT2D eigenvalue weighted by molar-refractivity contribution is 7.99. The highest BCUT2D eigenvalue weighted by Crippen LogP contribution is 2.22. The third-order valence-electron chi connectivity index (χ3n) is 4.65. The van der Waals surface area contributed by atoms with Crippen molar-refractivity contribution in [2.75, 3.05) is 30.6 Å². The van der Waals surface area contributed by atoms with E-state index in [1.54, 1.807) is 40.9 Å². The standard InChI is InChI=1S/C18H23N3O4S/c1-25-18(24)15-7-2-3-8-21(15)17(23)12-5-4-6-13(9-12)20-16(22)14-10-26-11-19-14/h4-6,9,14-15,19H,2-3,7-8,10-11H2,1H3,(H,20,22). The summed E-state index contributed by atoms with van der Waals surface area (Å²) in [5, 5.41) is 5.96. The van der Waals surface area contributed by atoms with E-state index in [0.717, 1.165) is 24.5 Å². The summed E-state index contributed by atoms with van der Waals surface area (Å²) in [6.45, 7) is 0.526. The molecule has 1 aromatic rings. The van der Waals surface area contributed by atoms with Gasteiger partial charge in [0.15, 0.2) is 0 Å². The first-order chi connectivity index (χ1) is 12.6. The predicted octanol–water partition coefficient (Wildman–Crippen LogP) is 1.46. The molecule has 2 aliphatic rings. The Balaban J connectivity index is 1.72. The number of thioether (sulfide) groups is 1. The zero-order valence-electron chi connectivity index (χ0n) is 14.7. The van der Waals surface area contributed by atoms with Crippen molar-refractivity contribution in [3.8, 4) is 0 Å². The molecule has 2 heterocycles. The Morgan fingerprint density at radius 3 is 2.88 bits per heavy atom. The van der Waals surface area contributed by atoms with Gasteiger partial charge in [-0.3, -0.25) is 14.9 Å². The van der Waals surface area contributed by atoms with Crippen LogP contribution in [0.5, 0.6) is 0 Å². The lowest BCUT2D eigenvalue weighted by atomic mass is 10.0. The number of rotatable bonds is 4. The summed E-state index contributed by atoms with van der Waals surface area (Å²) >= 11 is 1.68. The summed E-state index contributed by atoms with van der Waals surface area (Å²) in [5.41, 5.74) is 1.03. The monoisotopic (exact) mass is 377 g/mol. The largest absolute Gasteiger partial charge is 0.467 e. The molecule has 0 bridgehead atoms. The molecule has 2 N–H and O–H groups in total.